The molecule has 5 aliphatic rings. The number of hydrogen-bond donors (Lipinski definition) is 15. The number of hydrogen-bond acceptors (Lipinski definition) is 21. The van der Waals surface area contributed by atoms with Gasteiger partial charge in [-0.3, -0.25) is 19.2 Å². The molecule has 390 valence electrons. The summed E-state index contributed by atoms with van der Waals surface area (Å²) in [6.07, 6.45) is -21.5. The maximum Gasteiger partial charge on any atom is 0.315 e. The lowest BCUT2D eigenvalue weighted by atomic mass is 9.82. The fourth-order valence-corrected chi connectivity index (χ4v) is 10.5. The van der Waals surface area contributed by atoms with E-state index in [0.717, 1.165) is 5.75 Å². The summed E-state index contributed by atoms with van der Waals surface area (Å²) in [5.41, 5.74) is -1.44. The number of methoxy groups -OCH3 is 3. The third kappa shape index (κ3) is 14.5. The van der Waals surface area contributed by atoms with Crippen molar-refractivity contribution in [3.05, 3.63) is 0 Å². The molecule has 0 aromatic heterocycles. The summed E-state index contributed by atoms with van der Waals surface area (Å²) in [5, 5.41) is 110. The van der Waals surface area contributed by atoms with E-state index in [-0.39, 0.29) is 87.9 Å². The van der Waals surface area contributed by atoms with E-state index in [2.05, 4.69) is 31.9 Å². The van der Waals surface area contributed by atoms with Crippen LogP contribution in [0.25, 0.3) is 0 Å². The second-order valence-electron chi connectivity index (χ2n) is 17.9. The average Bonchev–Trinajstić information content (AvgIpc) is 3.89. The molecule has 0 aromatic rings. The van der Waals surface area contributed by atoms with Gasteiger partial charge >= 0.3 is 6.03 Å². The molecule has 15 N–H and O–H groups in total. The van der Waals surface area contributed by atoms with Gasteiger partial charge in [0.15, 0.2) is 18.9 Å². The monoisotopic (exact) mass is 998 g/mol. The summed E-state index contributed by atoms with van der Waals surface area (Å²) in [4.78, 5) is 66.2. The molecular weight excluding hydrogens is 929 g/mol. The Morgan fingerprint density at radius 3 is 1.35 bits per heavy atom. The van der Waals surface area contributed by atoms with Crippen LogP contribution < -0.4 is 31.9 Å². The number of unbranched alkanes of at least 4 members (excludes halogenated alkanes) is 1. The number of rotatable bonds is 24. The molecule has 0 saturated carbocycles. The highest BCUT2D eigenvalue weighted by atomic mass is 32.2. The van der Waals surface area contributed by atoms with Crippen molar-refractivity contribution in [1.82, 2.24) is 31.9 Å². The van der Waals surface area contributed by atoms with E-state index in [1.807, 2.05) is 0 Å². The quantitative estimate of drug-likeness (QED) is 0.0316. The zero-order valence-corrected chi connectivity index (χ0v) is 39.0. The molecule has 5 aliphatic heterocycles. The van der Waals surface area contributed by atoms with Gasteiger partial charge in [0.2, 0.25) is 23.6 Å². The van der Waals surface area contributed by atoms with Crippen molar-refractivity contribution in [1.29, 1.82) is 0 Å². The minimum atomic E-state index is -1.65. The van der Waals surface area contributed by atoms with Crippen LogP contribution in [0.4, 0.5) is 4.79 Å². The van der Waals surface area contributed by atoms with Crippen LogP contribution in [0.2, 0.25) is 0 Å². The number of urea groups is 1. The van der Waals surface area contributed by atoms with E-state index in [4.69, 9.17) is 28.4 Å². The van der Waals surface area contributed by atoms with Gasteiger partial charge in [-0.05, 0) is 32.1 Å². The third-order valence-corrected chi connectivity index (χ3v) is 14.7. The van der Waals surface area contributed by atoms with Crippen molar-refractivity contribution >= 4 is 41.4 Å². The predicted molar refractivity (Wildman–Crippen MR) is 233 cm³/mol. The summed E-state index contributed by atoms with van der Waals surface area (Å²) < 4.78 is 31.7. The normalized spacial score (nSPS) is 37.1. The number of fused-ring (bicyclic) bond motifs is 1. The number of nitrogens with one attached hydrogen (secondary N) is 6. The molecule has 6 amide bonds. The van der Waals surface area contributed by atoms with Crippen LogP contribution >= 0.6 is 11.8 Å². The van der Waals surface area contributed by atoms with E-state index < -0.39 is 121 Å². The topological polar surface area (TPSA) is 395 Å². The lowest BCUT2D eigenvalue weighted by Crippen LogP contribution is -2.60. The Morgan fingerprint density at radius 1 is 0.574 bits per heavy atom. The standard InChI is InChI=1S/C41H70N6O20S/c1-62-37-34(58)31(55)28(52)19(65-37)14-42-23(48)8-11-41(12-9-24(49)43-15-20-29(53)32(56)35(59)38(63-2)66-20,13-10-25(50)44-16-21-30(54)33(57)36(60)39(64-3)67-21)47-26(51)7-5-4-6-22-27-18(17-68-22)45-40(61)46-27/h18-22,27-39,52-60H,4-17H2,1-3H3,(H,42,48)(H,43,49)(H,44,50)(H,47,51)(H2,45,46,61)/t18-,19+,20+,21+,22-,27-,28+,29+,30+,31-,32-,33-,34-,35-,36-,37-,38-,39-/m0/s1. The Labute approximate surface area is 396 Å². The van der Waals surface area contributed by atoms with E-state index in [0.29, 0.717) is 19.3 Å². The Balaban J connectivity index is 1.29. The summed E-state index contributed by atoms with van der Waals surface area (Å²) in [6, 6.07) is -0.216. The fraction of sp³-hybridized carbons (Fsp3) is 0.878. The van der Waals surface area contributed by atoms with E-state index >= 15 is 0 Å². The molecule has 0 bridgehead atoms. The summed E-state index contributed by atoms with van der Waals surface area (Å²) in [7, 11) is 3.66. The molecule has 0 radical (unpaired) electrons. The van der Waals surface area contributed by atoms with Crippen LogP contribution in [0.15, 0.2) is 0 Å². The molecule has 0 aromatic carbocycles. The van der Waals surface area contributed by atoms with E-state index in [9.17, 15) is 69.9 Å². The first-order chi connectivity index (χ1) is 32.3. The molecule has 26 nitrogen and oxygen atoms in total. The van der Waals surface area contributed by atoms with Crippen molar-refractivity contribution in [2.24, 2.45) is 0 Å². The van der Waals surface area contributed by atoms with Gasteiger partial charge in [0.1, 0.15) is 73.2 Å². The third-order valence-electron chi connectivity index (χ3n) is 13.2. The van der Waals surface area contributed by atoms with Crippen molar-refractivity contribution in [3.8, 4) is 0 Å². The number of carbonyl (C=O) groups is 5. The van der Waals surface area contributed by atoms with Gasteiger partial charge in [-0.15, -0.1) is 0 Å². The number of carbonyl (C=O) groups excluding carboxylic acids is 5. The van der Waals surface area contributed by atoms with Crippen molar-refractivity contribution in [2.75, 3.05) is 46.7 Å². The highest BCUT2D eigenvalue weighted by Crippen LogP contribution is 2.34. The first kappa shape index (κ1) is 55.8. The summed E-state index contributed by atoms with van der Waals surface area (Å²) in [5.74, 6) is -1.53. The van der Waals surface area contributed by atoms with Crippen LogP contribution in [-0.2, 0) is 47.6 Å². The maximum absolute atomic E-state index is 13.9. The Hall–Kier alpha value is -3.10. The smallest absolute Gasteiger partial charge is 0.315 e. The molecule has 0 aliphatic carbocycles. The minimum absolute atomic E-state index is 0.0195. The Kier molecular flexibility index (Phi) is 21.2. The van der Waals surface area contributed by atoms with Gasteiger partial charge in [0.25, 0.3) is 0 Å². The second-order valence-corrected chi connectivity index (χ2v) is 19.1. The van der Waals surface area contributed by atoms with Crippen LogP contribution in [0.3, 0.4) is 0 Å². The summed E-state index contributed by atoms with van der Waals surface area (Å²) in [6.45, 7) is -0.988. The number of aliphatic hydroxyl groups is 9. The van der Waals surface area contributed by atoms with Crippen LogP contribution in [0.5, 0.6) is 0 Å². The SMILES string of the molecule is CO[C@H]1O[C@H](CNC(=O)CCC(CCC(=O)NC[C@H]2O[C@H](OC)[C@@H](O)[C@@H](O)[C@@H]2O)(CCC(=O)NC[C@H]2O[C@H](OC)[C@@H](O)[C@@H](O)[C@@H]2O)NC(=O)CCCC[C@@H]2SC[C@@H]3NC(=O)N[C@@H]32)[C@@H](O)[C@H](O)[C@@H]1O. The van der Waals surface area contributed by atoms with Crippen LogP contribution in [-0.4, -0.2) is 237 Å². The van der Waals surface area contributed by atoms with E-state index in [1.54, 1.807) is 11.8 Å². The van der Waals surface area contributed by atoms with Crippen molar-refractivity contribution in [2.45, 2.75) is 179 Å². The van der Waals surface area contributed by atoms with Crippen molar-refractivity contribution in [3.63, 3.8) is 0 Å². The average molecular weight is 999 g/mol. The largest absolute Gasteiger partial charge is 0.388 e. The van der Waals surface area contributed by atoms with Gasteiger partial charge in [-0.2, -0.15) is 11.8 Å². The Morgan fingerprint density at radius 2 is 0.971 bits per heavy atom. The lowest BCUT2D eigenvalue weighted by Gasteiger charge is -2.40. The first-order valence-corrected chi connectivity index (χ1v) is 23.8. The molecule has 5 rings (SSSR count). The number of ether oxygens (including phenoxy) is 6. The summed E-state index contributed by atoms with van der Waals surface area (Å²) >= 11 is 1.73. The molecule has 5 heterocycles. The number of aliphatic hydroxyl groups excluding tert-OH is 9. The molecule has 5 fully saturated rings. The molecule has 0 spiro atoms. The molecule has 18 atom stereocenters. The van der Waals surface area contributed by atoms with Crippen LogP contribution in [0.1, 0.15) is 64.2 Å². The Bertz CT molecular complexity index is 1540. The van der Waals surface area contributed by atoms with Gasteiger partial charge in [0.05, 0.1) is 12.1 Å². The molecular formula is C41H70N6O20S. The molecule has 5 saturated heterocycles. The van der Waals surface area contributed by atoms with Crippen LogP contribution in [0, 0.1) is 0 Å². The highest BCUT2D eigenvalue weighted by molar-refractivity contribution is 8.00. The fourth-order valence-electron chi connectivity index (χ4n) is 9.00. The zero-order chi connectivity index (χ0) is 49.9. The number of thioether (sulfide) groups is 1. The number of amides is 6. The lowest BCUT2D eigenvalue weighted by molar-refractivity contribution is -0.288. The highest BCUT2D eigenvalue weighted by Gasteiger charge is 2.47. The minimum Gasteiger partial charge on any atom is -0.388 e. The van der Waals surface area contributed by atoms with Crippen molar-refractivity contribution < 1.29 is 98.4 Å². The van der Waals surface area contributed by atoms with Gasteiger partial charge < -0.3 is 106 Å². The molecule has 27 heteroatoms. The van der Waals surface area contributed by atoms with E-state index in [1.165, 1.54) is 21.3 Å². The predicted octanol–water partition coefficient (Wildman–Crippen LogP) is -6.38. The molecule has 68 heavy (non-hydrogen) atoms. The maximum atomic E-state index is 13.9. The first-order valence-electron chi connectivity index (χ1n) is 22.8. The second kappa shape index (κ2) is 25.8. The zero-order valence-electron chi connectivity index (χ0n) is 38.2. The van der Waals surface area contributed by atoms with Gasteiger partial charge in [-0.1, -0.05) is 6.42 Å². The van der Waals surface area contributed by atoms with Gasteiger partial charge in [-0.25, -0.2) is 4.79 Å². The van der Waals surface area contributed by atoms with Gasteiger partial charge in [0, 0.05) is 83.2 Å². The molecule has 0 unspecified atom stereocenters.